The van der Waals surface area contributed by atoms with Gasteiger partial charge in [-0.2, -0.15) is 0 Å². The van der Waals surface area contributed by atoms with E-state index < -0.39 is 41.3 Å². The molecule has 1 aliphatic rings. The van der Waals surface area contributed by atoms with Crippen LogP contribution in [0.4, 0.5) is 23.2 Å². The zero-order chi connectivity index (χ0) is 20.5. The minimum absolute atomic E-state index is 0.0324. The number of nitrogens with two attached hydrogens (primary N) is 1. The molecule has 2 heterocycles. The van der Waals surface area contributed by atoms with Crippen LogP contribution in [0.5, 0.6) is 0 Å². The number of allylic oxidation sites excluding steroid dienone is 1. The monoisotopic (exact) mass is 394 g/mol. The Hall–Kier alpha value is -3.43. The van der Waals surface area contributed by atoms with Crippen LogP contribution in [-0.2, 0) is 10.3 Å². The van der Waals surface area contributed by atoms with Crippen LogP contribution in [0, 0.1) is 17.5 Å². The molecule has 1 aromatic heterocycles. The number of anilines is 1. The van der Waals surface area contributed by atoms with Gasteiger partial charge in [-0.3, -0.25) is 4.79 Å². The Kier molecular flexibility index (Phi) is 5.04. The van der Waals surface area contributed by atoms with Crippen LogP contribution >= 0.6 is 0 Å². The number of aromatic nitrogens is 1. The molecule has 0 fully saturated rings. The quantitative estimate of drug-likeness (QED) is 0.780. The van der Waals surface area contributed by atoms with Crippen molar-refractivity contribution in [2.45, 2.75) is 12.5 Å². The van der Waals surface area contributed by atoms with Gasteiger partial charge >= 0.3 is 0 Å². The van der Waals surface area contributed by atoms with Gasteiger partial charge in [-0.05, 0) is 31.2 Å². The van der Waals surface area contributed by atoms with Crippen molar-refractivity contribution in [2.24, 2.45) is 10.7 Å². The summed E-state index contributed by atoms with van der Waals surface area (Å²) in [6.45, 7) is 0.503. The number of rotatable bonds is 4. The molecule has 0 saturated carbocycles. The first-order valence-electron chi connectivity index (χ1n) is 7.95. The second-order valence-corrected chi connectivity index (χ2v) is 6.08. The molecule has 0 bridgehead atoms. The fraction of sp³-hybridized carbons (Fsp3) is 0.167. The van der Waals surface area contributed by atoms with E-state index in [1.54, 1.807) is 0 Å². The van der Waals surface area contributed by atoms with Crippen LogP contribution in [-0.4, -0.2) is 23.6 Å². The third-order valence-electron chi connectivity index (χ3n) is 3.94. The van der Waals surface area contributed by atoms with E-state index in [4.69, 9.17) is 10.5 Å². The highest BCUT2D eigenvalue weighted by molar-refractivity contribution is 6.03. The molecular weight excluding hydrogens is 380 g/mol. The maximum atomic E-state index is 14.4. The topological polar surface area (TPSA) is 89.6 Å². The molecule has 6 nitrogen and oxygen atoms in total. The van der Waals surface area contributed by atoms with E-state index in [0.29, 0.717) is 12.3 Å². The van der Waals surface area contributed by atoms with Gasteiger partial charge in [-0.1, -0.05) is 0 Å². The van der Waals surface area contributed by atoms with Gasteiger partial charge < -0.3 is 15.8 Å². The lowest BCUT2D eigenvalue weighted by Gasteiger charge is -2.28. The number of amidine groups is 1. The highest BCUT2D eigenvalue weighted by Crippen LogP contribution is 2.35. The largest absolute Gasteiger partial charge is 0.428 e. The van der Waals surface area contributed by atoms with Crippen molar-refractivity contribution in [3.05, 3.63) is 71.0 Å². The van der Waals surface area contributed by atoms with Crippen molar-refractivity contribution >= 4 is 17.6 Å². The molecule has 0 saturated heterocycles. The first-order chi connectivity index (χ1) is 13.2. The molecule has 0 radical (unpaired) electrons. The van der Waals surface area contributed by atoms with Gasteiger partial charge in [0.25, 0.3) is 11.9 Å². The molecule has 3 N–H and O–H groups in total. The highest BCUT2D eigenvalue weighted by atomic mass is 19.1. The molecule has 3 rings (SSSR count). The number of hydrogen-bond acceptors (Lipinski definition) is 5. The predicted octanol–water partition coefficient (Wildman–Crippen LogP) is 3.16. The number of alkyl halides is 1. The molecule has 10 heteroatoms. The van der Waals surface area contributed by atoms with Crippen molar-refractivity contribution < 1.29 is 27.1 Å². The van der Waals surface area contributed by atoms with Gasteiger partial charge in [-0.25, -0.2) is 27.5 Å². The Balaban J connectivity index is 1.95. The van der Waals surface area contributed by atoms with Crippen LogP contribution in [0.25, 0.3) is 0 Å². The minimum Gasteiger partial charge on any atom is -0.428 e. The second kappa shape index (κ2) is 7.29. The van der Waals surface area contributed by atoms with E-state index in [-0.39, 0.29) is 23.0 Å². The Labute approximate surface area is 156 Å². The summed E-state index contributed by atoms with van der Waals surface area (Å²) in [5, 5.41) is 2.34. The SMILES string of the molecule is C[C@@]1(c2cc(NC(=O)c3ncc(F)cc3F)ccc2F)C=C(CF)OC(N)=N1. The Morgan fingerprint density at radius 1 is 1.25 bits per heavy atom. The van der Waals surface area contributed by atoms with E-state index in [0.717, 1.165) is 6.07 Å². The van der Waals surface area contributed by atoms with E-state index >= 15 is 0 Å². The first kappa shape index (κ1) is 19.3. The molecule has 2 aromatic rings. The Morgan fingerprint density at radius 3 is 2.68 bits per heavy atom. The molecule has 0 aliphatic carbocycles. The summed E-state index contributed by atoms with van der Waals surface area (Å²) in [4.78, 5) is 19.6. The third-order valence-corrected chi connectivity index (χ3v) is 3.94. The fourth-order valence-corrected chi connectivity index (χ4v) is 2.73. The summed E-state index contributed by atoms with van der Waals surface area (Å²) in [7, 11) is 0. The smallest absolute Gasteiger partial charge is 0.288 e. The van der Waals surface area contributed by atoms with E-state index in [1.807, 2.05) is 0 Å². The summed E-state index contributed by atoms with van der Waals surface area (Å²) >= 11 is 0. The number of pyridine rings is 1. The van der Waals surface area contributed by atoms with Crippen LogP contribution in [0.3, 0.4) is 0 Å². The number of ether oxygens (including phenoxy) is 1. The van der Waals surface area contributed by atoms with Gasteiger partial charge in [0.15, 0.2) is 11.5 Å². The Bertz CT molecular complexity index is 1010. The first-order valence-corrected chi connectivity index (χ1v) is 7.95. The van der Waals surface area contributed by atoms with Crippen LogP contribution < -0.4 is 11.1 Å². The van der Waals surface area contributed by atoms with Gasteiger partial charge in [0.1, 0.15) is 29.6 Å². The standard InChI is InChI=1S/C18H14F4N4O2/c1-18(6-11(7-19)28-17(23)26-18)12-5-10(2-3-13(12)21)25-16(27)15-14(22)4-9(20)8-24-15/h2-6,8H,7H2,1H3,(H2,23,26)(H,25,27)/t18-/m0/s1. The molecule has 28 heavy (non-hydrogen) atoms. The lowest BCUT2D eigenvalue weighted by atomic mass is 9.90. The van der Waals surface area contributed by atoms with Crippen LogP contribution in [0.15, 0.2) is 47.3 Å². The van der Waals surface area contributed by atoms with Crippen LogP contribution in [0.1, 0.15) is 23.0 Å². The molecule has 0 unspecified atom stereocenters. The summed E-state index contributed by atoms with van der Waals surface area (Å²) in [6, 6.07) is 3.69. The number of nitrogens with zero attached hydrogens (tertiary/aromatic N) is 2. The summed E-state index contributed by atoms with van der Waals surface area (Å²) in [6.07, 6.45) is 1.95. The zero-order valence-electron chi connectivity index (χ0n) is 14.5. The van der Waals surface area contributed by atoms with Gasteiger partial charge in [0, 0.05) is 17.3 Å². The zero-order valence-corrected chi connectivity index (χ0v) is 14.5. The molecule has 1 amide bonds. The second-order valence-electron chi connectivity index (χ2n) is 6.08. The van der Waals surface area contributed by atoms with E-state index in [1.165, 1.54) is 25.1 Å². The van der Waals surface area contributed by atoms with Crippen molar-refractivity contribution in [1.82, 2.24) is 4.98 Å². The molecule has 1 aliphatic heterocycles. The minimum atomic E-state index is -1.39. The molecule has 146 valence electrons. The van der Waals surface area contributed by atoms with Gasteiger partial charge in [0.05, 0.1) is 6.20 Å². The number of nitrogens with one attached hydrogen (secondary N) is 1. The normalized spacial score (nSPS) is 18.8. The number of carbonyl (C=O) groups excluding carboxylic acids is 1. The third kappa shape index (κ3) is 3.80. The number of benzene rings is 1. The average Bonchev–Trinajstić information content (AvgIpc) is 2.62. The maximum Gasteiger partial charge on any atom is 0.288 e. The molecular formula is C18H14F4N4O2. The summed E-state index contributed by atoms with van der Waals surface area (Å²) < 4.78 is 59.0. The number of hydrogen-bond donors (Lipinski definition) is 2. The van der Waals surface area contributed by atoms with Crippen LogP contribution in [0.2, 0.25) is 0 Å². The maximum absolute atomic E-state index is 14.4. The van der Waals surface area contributed by atoms with Crippen molar-refractivity contribution in [2.75, 3.05) is 12.0 Å². The summed E-state index contributed by atoms with van der Waals surface area (Å²) in [5.41, 5.74) is 3.56. The fourth-order valence-electron chi connectivity index (χ4n) is 2.73. The average molecular weight is 394 g/mol. The molecule has 1 aromatic carbocycles. The van der Waals surface area contributed by atoms with Gasteiger partial charge in [-0.15, -0.1) is 0 Å². The summed E-state index contributed by atoms with van der Waals surface area (Å²) in [5.74, 6) is -3.88. The van der Waals surface area contributed by atoms with E-state index in [2.05, 4.69) is 15.3 Å². The van der Waals surface area contributed by atoms with Crippen molar-refractivity contribution in [3.8, 4) is 0 Å². The predicted molar refractivity (Wildman–Crippen MR) is 92.6 cm³/mol. The van der Waals surface area contributed by atoms with Crippen molar-refractivity contribution in [3.63, 3.8) is 0 Å². The van der Waals surface area contributed by atoms with E-state index in [9.17, 15) is 22.4 Å². The Morgan fingerprint density at radius 2 is 2.00 bits per heavy atom. The lowest BCUT2D eigenvalue weighted by molar-refractivity contribution is 0.101. The lowest BCUT2D eigenvalue weighted by Crippen LogP contribution is -2.31. The number of halogens is 4. The van der Waals surface area contributed by atoms with Gasteiger partial charge in [0.2, 0.25) is 0 Å². The van der Waals surface area contributed by atoms with Crippen molar-refractivity contribution in [1.29, 1.82) is 0 Å². The number of aliphatic imine (C=N–C) groups is 1. The molecule has 1 atom stereocenters. The number of carbonyl (C=O) groups is 1. The molecule has 0 spiro atoms. The number of amides is 1. The highest BCUT2D eigenvalue weighted by Gasteiger charge is 2.32.